The van der Waals surface area contributed by atoms with Gasteiger partial charge in [-0.3, -0.25) is 4.79 Å². The molecule has 2 atom stereocenters. The van der Waals surface area contributed by atoms with Crippen molar-refractivity contribution in [2.45, 2.75) is 37.7 Å². The molecule has 1 aromatic carbocycles. The van der Waals surface area contributed by atoms with Gasteiger partial charge in [0.15, 0.2) is 5.82 Å². The van der Waals surface area contributed by atoms with Crippen molar-refractivity contribution in [3.8, 4) is 0 Å². The normalized spacial score (nSPS) is 16.3. The van der Waals surface area contributed by atoms with E-state index < -0.39 is 5.38 Å². The third-order valence-corrected chi connectivity index (χ3v) is 4.16. The summed E-state index contributed by atoms with van der Waals surface area (Å²) in [5, 5.41) is 10.6. The number of halogens is 1. The lowest BCUT2D eigenvalue weighted by atomic mass is 10.1. The Morgan fingerprint density at radius 1 is 1.33 bits per heavy atom. The zero-order valence-corrected chi connectivity index (χ0v) is 12.5. The Balaban J connectivity index is 1.69. The van der Waals surface area contributed by atoms with Gasteiger partial charge in [0.25, 0.3) is 0 Å². The molecule has 2 aromatic rings. The largest absolute Gasteiger partial charge is 0.345 e. The van der Waals surface area contributed by atoms with Gasteiger partial charge in [0.05, 0.1) is 6.04 Å². The van der Waals surface area contributed by atoms with Crippen molar-refractivity contribution < 1.29 is 4.79 Å². The molecule has 1 aliphatic heterocycles. The van der Waals surface area contributed by atoms with Crippen LogP contribution in [0.3, 0.4) is 0 Å². The number of hydrogen-bond acceptors (Lipinski definition) is 3. The monoisotopic (exact) mass is 304 g/mol. The Morgan fingerprint density at radius 2 is 2.10 bits per heavy atom. The molecular weight excluding hydrogens is 288 g/mol. The molecule has 2 unspecified atom stereocenters. The quantitative estimate of drug-likeness (QED) is 0.882. The summed E-state index contributed by atoms with van der Waals surface area (Å²) < 4.78 is 2.08. The van der Waals surface area contributed by atoms with Crippen molar-refractivity contribution in [2.24, 2.45) is 0 Å². The van der Waals surface area contributed by atoms with Gasteiger partial charge in [-0.15, -0.1) is 21.8 Å². The van der Waals surface area contributed by atoms with Gasteiger partial charge in [-0.2, -0.15) is 0 Å². The first-order valence-corrected chi connectivity index (χ1v) is 7.52. The summed E-state index contributed by atoms with van der Waals surface area (Å²) in [6, 6.07) is 9.11. The molecule has 1 aliphatic rings. The van der Waals surface area contributed by atoms with Crippen LogP contribution in [0.15, 0.2) is 30.3 Å². The predicted molar refractivity (Wildman–Crippen MR) is 79.9 cm³/mol. The van der Waals surface area contributed by atoms with Gasteiger partial charge in [-0.05, 0) is 18.9 Å². The zero-order chi connectivity index (χ0) is 14.8. The topological polar surface area (TPSA) is 59.8 Å². The highest BCUT2D eigenvalue weighted by Crippen LogP contribution is 2.23. The van der Waals surface area contributed by atoms with E-state index in [-0.39, 0.29) is 11.9 Å². The summed E-state index contributed by atoms with van der Waals surface area (Å²) in [4.78, 5) is 12.2. The number of fused-ring (bicyclic) bond motifs is 1. The maximum Gasteiger partial charge on any atom is 0.243 e. The number of benzene rings is 1. The van der Waals surface area contributed by atoms with E-state index in [1.54, 1.807) is 0 Å². The molecule has 1 N–H and O–H groups in total. The molecule has 3 rings (SSSR count). The smallest absolute Gasteiger partial charge is 0.243 e. The van der Waals surface area contributed by atoms with Crippen molar-refractivity contribution >= 4 is 17.5 Å². The molecule has 110 valence electrons. The number of aromatic nitrogens is 3. The van der Waals surface area contributed by atoms with Gasteiger partial charge in [0.1, 0.15) is 11.2 Å². The van der Waals surface area contributed by atoms with Crippen LogP contribution in [-0.4, -0.2) is 20.7 Å². The molecule has 5 nitrogen and oxygen atoms in total. The third kappa shape index (κ3) is 2.78. The molecular formula is C15H17ClN4O. The van der Waals surface area contributed by atoms with E-state index in [0.29, 0.717) is 0 Å². The van der Waals surface area contributed by atoms with Crippen molar-refractivity contribution in [1.29, 1.82) is 0 Å². The molecule has 0 bridgehead atoms. The van der Waals surface area contributed by atoms with Gasteiger partial charge < -0.3 is 9.88 Å². The highest BCUT2D eigenvalue weighted by Gasteiger charge is 2.25. The zero-order valence-electron chi connectivity index (χ0n) is 11.8. The average molecular weight is 305 g/mol. The van der Waals surface area contributed by atoms with Crippen molar-refractivity contribution in [3.63, 3.8) is 0 Å². The van der Waals surface area contributed by atoms with Crippen LogP contribution in [0.4, 0.5) is 0 Å². The lowest BCUT2D eigenvalue weighted by Crippen LogP contribution is -2.31. The van der Waals surface area contributed by atoms with Gasteiger partial charge in [-0.1, -0.05) is 30.3 Å². The summed E-state index contributed by atoms with van der Waals surface area (Å²) in [5.74, 6) is 1.58. The van der Waals surface area contributed by atoms with Crippen LogP contribution in [0.5, 0.6) is 0 Å². The van der Waals surface area contributed by atoms with E-state index in [0.717, 1.165) is 36.6 Å². The lowest BCUT2D eigenvalue weighted by molar-refractivity contribution is -0.121. The second-order valence-electron chi connectivity index (χ2n) is 5.23. The SMILES string of the molecule is CC(NC(=O)C(Cl)c1ccccc1)c1nnc2n1CCC2. The number of nitrogens with zero attached hydrogens (tertiary/aromatic N) is 3. The molecule has 0 radical (unpaired) electrons. The van der Waals surface area contributed by atoms with Crippen LogP contribution in [-0.2, 0) is 17.8 Å². The second-order valence-corrected chi connectivity index (χ2v) is 5.67. The fourth-order valence-electron chi connectivity index (χ4n) is 2.62. The number of nitrogens with one attached hydrogen (secondary N) is 1. The standard InChI is InChI=1S/C15H17ClN4O/c1-10(14-19-18-12-8-5-9-20(12)14)17-15(21)13(16)11-6-3-2-4-7-11/h2-4,6-7,10,13H,5,8-9H2,1H3,(H,17,21). The number of amides is 1. The van der Waals surface area contributed by atoms with E-state index in [4.69, 9.17) is 11.6 Å². The maximum atomic E-state index is 12.2. The van der Waals surface area contributed by atoms with Crippen molar-refractivity contribution in [2.75, 3.05) is 0 Å². The Morgan fingerprint density at radius 3 is 2.86 bits per heavy atom. The Hall–Kier alpha value is -1.88. The fourth-order valence-corrected chi connectivity index (χ4v) is 2.83. The fraction of sp³-hybridized carbons (Fsp3) is 0.400. The molecule has 0 saturated carbocycles. The van der Waals surface area contributed by atoms with E-state index >= 15 is 0 Å². The van der Waals surface area contributed by atoms with Crippen LogP contribution in [0, 0.1) is 0 Å². The molecule has 0 fully saturated rings. The van der Waals surface area contributed by atoms with Gasteiger partial charge >= 0.3 is 0 Å². The molecule has 1 aromatic heterocycles. The maximum absolute atomic E-state index is 12.2. The minimum absolute atomic E-state index is 0.207. The minimum Gasteiger partial charge on any atom is -0.345 e. The first-order chi connectivity index (χ1) is 10.2. The third-order valence-electron chi connectivity index (χ3n) is 3.71. The number of alkyl halides is 1. The van der Waals surface area contributed by atoms with E-state index in [9.17, 15) is 4.79 Å². The van der Waals surface area contributed by atoms with Gasteiger partial charge in [0, 0.05) is 13.0 Å². The number of hydrogen-bond donors (Lipinski definition) is 1. The summed E-state index contributed by atoms with van der Waals surface area (Å²) in [6.45, 7) is 2.82. The molecule has 1 amide bonds. The molecule has 0 aliphatic carbocycles. The Bertz CT molecular complexity index is 640. The van der Waals surface area contributed by atoms with Crippen molar-refractivity contribution in [1.82, 2.24) is 20.1 Å². The highest BCUT2D eigenvalue weighted by molar-refractivity contribution is 6.30. The molecule has 0 spiro atoms. The first kappa shape index (κ1) is 14.1. The Labute approximate surface area is 128 Å². The van der Waals surface area contributed by atoms with E-state index in [1.807, 2.05) is 37.3 Å². The summed E-state index contributed by atoms with van der Waals surface area (Å²) in [6.07, 6.45) is 2.04. The van der Waals surface area contributed by atoms with Crippen molar-refractivity contribution in [3.05, 3.63) is 47.5 Å². The first-order valence-electron chi connectivity index (χ1n) is 7.08. The number of aryl methyl sites for hydroxylation is 1. The van der Waals surface area contributed by atoms with Crippen LogP contribution >= 0.6 is 11.6 Å². The predicted octanol–water partition coefficient (Wildman–Crippen LogP) is 2.38. The summed E-state index contributed by atoms with van der Waals surface area (Å²) in [7, 11) is 0. The van der Waals surface area contributed by atoms with Crippen LogP contribution in [0.25, 0.3) is 0 Å². The number of carbonyl (C=O) groups is 1. The van der Waals surface area contributed by atoms with Gasteiger partial charge in [0.2, 0.25) is 5.91 Å². The van der Waals surface area contributed by atoms with E-state index in [2.05, 4.69) is 20.1 Å². The highest BCUT2D eigenvalue weighted by atomic mass is 35.5. The van der Waals surface area contributed by atoms with Gasteiger partial charge in [-0.25, -0.2) is 0 Å². The molecule has 0 saturated heterocycles. The van der Waals surface area contributed by atoms with E-state index in [1.165, 1.54) is 0 Å². The van der Waals surface area contributed by atoms with Crippen LogP contribution < -0.4 is 5.32 Å². The number of rotatable bonds is 4. The summed E-state index contributed by atoms with van der Waals surface area (Å²) in [5.41, 5.74) is 0.787. The van der Waals surface area contributed by atoms with Crippen LogP contribution in [0.2, 0.25) is 0 Å². The van der Waals surface area contributed by atoms with Crippen LogP contribution in [0.1, 0.15) is 42.0 Å². The Kier molecular flexibility index (Phi) is 3.92. The molecule has 6 heteroatoms. The minimum atomic E-state index is -0.699. The summed E-state index contributed by atoms with van der Waals surface area (Å²) >= 11 is 6.22. The molecule has 21 heavy (non-hydrogen) atoms. The average Bonchev–Trinajstić information content (AvgIpc) is 3.09. The lowest BCUT2D eigenvalue weighted by Gasteiger charge is -2.16. The second kappa shape index (κ2) is 5.85. The molecule has 2 heterocycles. The number of carbonyl (C=O) groups excluding carboxylic acids is 1.